The molecule has 13 heavy (non-hydrogen) atoms. The van der Waals surface area contributed by atoms with Gasteiger partial charge in [0, 0.05) is 5.69 Å². The van der Waals surface area contributed by atoms with E-state index in [9.17, 15) is 0 Å². The predicted molar refractivity (Wildman–Crippen MR) is 56.5 cm³/mol. The number of aryl methyl sites for hydroxylation is 1. The smallest absolute Gasteiger partial charge is 0.184 e. The average molecular weight is 194 g/mol. The SMILES string of the molecule is Cc1cccc(/C=N\NC(N)=S)n1. The molecule has 0 atom stereocenters. The van der Waals surface area contributed by atoms with E-state index >= 15 is 0 Å². The second kappa shape index (κ2) is 4.51. The van der Waals surface area contributed by atoms with Crippen molar-refractivity contribution in [2.24, 2.45) is 10.8 Å². The minimum Gasteiger partial charge on any atom is -0.375 e. The number of aromatic nitrogens is 1. The molecule has 5 heteroatoms. The van der Waals surface area contributed by atoms with Crippen LogP contribution in [0, 0.1) is 6.92 Å². The lowest BCUT2D eigenvalue weighted by atomic mass is 10.3. The second-order valence-corrected chi connectivity index (χ2v) is 2.88. The van der Waals surface area contributed by atoms with Gasteiger partial charge in [-0.15, -0.1) is 0 Å². The van der Waals surface area contributed by atoms with Gasteiger partial charge in [-0.2, -0.15) is 5.10 Å². The number of hydrazone groups is 1. The number of nitrogens with two attached hydrogens (primary N) is 1. The third kappa shape index (κ3) is 3.62. The molecule has 0 aliphatic rings. The third-order valence-corrected chi connectivity index (χ3v) is 1.37. The number of thiocarbonyl (C=S) groups is 1. The third-order valence-electron chi connectivity index (χ3n) is 1.28. The maximum Gasteiger partial charge on any atom is 0.184 e. The van der Waals surface area contributed by atoms with Crippen molar-refractivity contribution >= 4 is 23.5 Å². The van der Waals surface area contributed by atoms with Gasteiger partial charge in [-0.05, 0) is 31.3 Å². The lowest BCUT2D eigenvalue weighted by Gasteiger charge is -1.95. The van der Waals surface area contributed by atoms with Crippen LogP contribution in [-0.4, -0.2) is 16.3 Å². The molecule has 0 radical (unpaired) electrons. The zero-order chi connectivity index (χ0) is 9.68. The molecule has 1 rings (SSSR count). The summed E-state index contributed by atoms with van der Waals surface area (Å²) < 4.78 is 0. The molecule has 1 aromatic rings. The highest BCUT2D eigenvalue weighted by Gasteiger charge is 1.88. The van der Waals surface area contributed by atoms with Crippen LogP contribution in [0.2, 0.25) is 0 Å². The van der Waals surface area contributed by atoms with Gasteiger partial charge in [0.1, 0.15) is 0 Å². The Morgan fingerprint density at radius 3 is 3.08 bits per heavy atom. The Kier molecular flexibility index (Phi) is 3.33. The fraction of sp³-hybridized carbons (Fsp3) is 0.125. The molecule has 0 fully saturated rings. The van der Waals surface area contributed by atoms with Gasteiger partial charge in [0.15, 0.2) is 5.11 Å². The van der Waals surface area contributed by atoms with Crippen LogP contribution in [0.1, 0.15) is 11.4 Å². The lowest BCUT2D eigenvalue weighted by molar-refractivity contribution is 1.04. The Hall–Kier alpha value is -1.49. The zero-order valence-corrected chi connectivity index (χ0v) is 8.01. The van der Waals surface area contributed by atoms with E-state index < -0.39 is 0 Å². The molecule has 0 aromatic carbocycles. The van der Waals surface area contributed by atoms with E-state index in [-0.39, 0.29) is 5.11 Å². The minimum atomic E-state index is 0.143. The summed E-state index contributed by atoms with van der Waals surface area (Å²) in [5.74, 6) is 0. The maximum atomic E-state index is 5.17. The Morgan fingerprint density at radius 2 is 2.46 bits per heavy atom. The standard InChI is InChI=1S/C8H10N4S/c1-6-3-2-4-7(11-6)5-10-12-8(9)13/h2-5H,1H3,(H3,9,12,13)/b10-5-. The number of nitrogens with zero attached hydrogens (tertiary/aromatic N) is 2. The predicted octanol–water partition coefficient (Wildman–Crippen LogP) is 0.557. The summed E-state index contributed by atoms with van der Waals surface area (Å²) in [6.07, 6.45) is 1.56. The highest BCUT2D eigenvalue weighted by molar-refractivity contribution is 7.80. The molecule has 0 amide bonds. The fourth-order valence-electron chi connectivity index (χ4n) is 0.798. The molecule has 0 aliphatic heterocycles. The molecule has 3 N–H and O–H groups in total. The Morgan fingerprint density at radius 1 is 1.69 bits per heavy atom. The van der Waals surface area contributed by atoms with Crippen LogP contribution < -0.4 is 11.2 Å². The Balaban J connectivity index is 2.63. The van der Waals surface area contributed by atoms with Crippen LogP contribution in [0.3, 0.4) is 0 Å². The van der Waals surface area contributed by atoms with Crippen LogP contribution in [-0.2, 0) is 0 Å². The Labute approximate surface area is 81.9 Å². The van der Waals surface area contributed by atoms with Crippen molar-refractivity contribution in [1.29, 1.82) is 0 Å². The normalized spacial score (nSPS) is 10.2. The van der Waals surface area contributed by atoms with Crippen molar-refractivity contribution in [3.8, 4) is 0 Å². The number of nitrogens with one attached hydrogen (secondary N) is 1. The fourth-order valence-corrected chi connectivity index (χ4v) is 0.851. The summed E-state index contributed by atoms with van der Waals surface area (Å²) in [7, 11) is 0. The minimum absolute atomic E-state index is 0.143. The summed E-state index contributed by atoms with van der Waals surface area (Å²) >= 11 is 4.57. The highest BCUT2D eigenvalue weighted by atomic mass is 32.1. The van der Waals surface area contributed by atoms with Crippen molar-refractivity contribution in [2.75, 3.05) is 0 Å². The first-order valence-corrected chi connectivity index (χ1v) is 4.11. The number of hydrogen-bond acceptors (Lipinski definition) is 3. The van der Waals surface area contributed by atoms with Gasteiger partial charge < -0.3 is 5.73 Å². The molecule has 1 heterocycles. The summed E-state index contributed by atoms with van der Waals surface area (Å²) in [5, 5.41) is 3.92. The molecule has 0 aliphatic carbocycles. The first-order valence-electron chi connectivity index (χ1n) is 3.70. The van der Waals surface area contributed by atoms with Crippen molar-refractivity contribution in [2.45, 2.75) is 6.92 Å². The van der Waals surface area contributed by atoms with Crippen LogP contribution in [0.4, 0.5) is 0 Å². The molecule has 0 saturated carbocycles. The zero-order valence-electron chi connectivity index (χ0n) is 7.19. The first kappa shape index (κ1) is 9.60. The molecule has 1 aromatic heterocycles. The van der Waals surface area contributed by atoms with Crippen LogP contribution in [0.25, 0.3) is 0 Å². The molecule has 4 nitrogen and oxygen atoms in total. The highest BCUT2D eigenvalue weighted by Crippen LogP contribution is 1.94. The van der Waals surface area contributed by atoms with Crippen molar-refractivity contribution in [3.05, 3.63) is 29.6 Å². The molecule has 0 spiro atoms. The molecule has 0 saturated heterocycles. The molecular formula is C8H10N4S. The molecule has 0 unspecified atom stereocenters. The monoisotopic (exact) mass is 194 g/mol. The lowest BCUT2D eigenvalue weighted by Crippen LogP contribution is -2.24. The van der Waals surface area contributed by atoms with Gasteiger partial charge in [-0.3, -0.25) is 10.4 Å². The van der Waals surface area contributed by atoms with E-state index in [2.05, 4.69) is 27.7 Å². The molecule has 68 valence electrons. The molecule has 0 bridgehead atoms. The summed E-state index contributed by atoms with van der Waals surface area (Å²) in [5.41, 5.74) is 9.34. The first-order chi connectivity index (χ1) is 6.18. The van der Waals surface area contributed by atoms with Gasteiger partial charge >= 0.3 is 0 Å². The quantitative estimate of drug-likeness (QED) is 0.410. The van der Waals surface area contributed by atoms with Crippen molar-refractivity contribution < 1.29 is 0 Å². The summed E-state index contributed by atoms with van der Waals surface area (Å²) in [6, 6.07) is 5.67. The van der Waals surface area contributed by atoms with Crippen molar-refractivity contribution in [3.63, 3.8) is 0 Å². The van der Waals surface area contributed by atoms with Gasteiger partial charge in [0.25, 0.3) is 0 Å². The summed E-state index contributed by atoms with van der Waals surface area (Å²) in [6.45, 7) is 1.92. The van der Waals surface area contributed by atoms with E-state index in [1.165, 1.54) is 0 Å². The topological polar surface area (TPSA) is 63.3 Å². The molecular weight excluding hydrogens is 184 g/mol. The van der Waals surface area contributed by atoms with Gasteiger partial charge in [0.2, 0.25) is 0 Å². The number of hydrogen-bond donors (Lipinski definition) is 2. The van der Waals surface area contributed by atoms with Crippen LogP contribution in [0.5, 0.6) is 0 Å². The van der Waals surface area contributed by atoms with Crippen molar-refractivity contribution in [1.82, 2.24) is 10.4 Å². The van der Waals surface area contributed by atoms with Crippen LogP contribution in [0.15, 0.2) is 23.3 Å². The maximum absolute atomic E-state index is 5.17. The van der Waals surface area contributed by atoms with Gasteiger partial charge in [-0.1, -0.05) is 6.07 Å². The average Bonchev–Trinajstić information content (AvgIpc) is 2.03. The Bertz CT molecular complexity index is 335. The number of pyridine rings is 1. The van der Waals surface area contributed by atoms with E-state index in [1.807, 2.05) is 25.1 Å². The van der Waals surface area contributed by atoms with E-state index in [0.717, 1.165) is 11.4 Å². The van der Waals surface area contributed by atoms with E-state index in [1.54, 1.807) is 6.21 Å². The largest absolute Gasteiger partial charge is 0.375 e. The van der Waals surface area contributed by atoms with E-state index in [0.29, 0.717) is 0 Å². The van der Waals surface area contributed by atoms with E-state index in [4.69, 9.17) is 5.73 Å². The van der Waals surface area contributed by atoms with Gasteiger partial charge in [-0.25, -0.2) is 0 Å². The van der Waals surface area contributed by atoms with Crippen LogP contribution >= 0.6 is 12.2 Å². The number of rotatable bonds is 2. The second-order valence-electron chi connectivity index (χ2n) is 2.44. The van der Waals surface area contributed by atoms with Gasteiger partial charge in [0.05, 0.1) is 11.9 Å². The summed E-state index contributed by atoms with van der Waals surface area (Å²) in [4.78, 5) is 4.20.